The molecular weight excluding hydrogens is 617 g/mol. The molecule has 0 amide bonds. The molecule has 8 aromatic rings. The molecule has 0 bridgehead atoms. The van der Waals surface area contributed by atoms with Crippen LogP contribution in [0.3, 0.4) is 0 Å². The van der Waals surface area contributed by atoms with E-state index in [0.29, 0.717) is 0 Å². The van der Waals surface area contributed by atoms with Gasteiger partial charge in [-0.3, -0.25) is 0 Å². The van der Waals surface area contributed by atoms with Crippen molar-refractivity contribution in [3.8, 4) is 11.1 Å². The molecule has 0 saturated heterocycles. The van der Waals surface area contributed by atoms with E-state index in [2.05, 4.69) is 229 Å². The van der Waals surface area contributed by atoms with Crippen LogP contribution >= 0.6 is 0 Å². The Morgan fingerprint density at radius 3 is 1.41 bits per heavy atom. The van der Waals surface area contributed by atoms with Gasteiger partial charge in [0, 0.05) is 34.1 Å². The number of rotatable bonds is 9. The molecule has 0 fully saturated rings. The van der Waals surface area contributed by atoms with E-state index in [-0.39, 0.29) is 0 Å². The number of fused-ring (bicyclic) bond motifs is 1. The highest BCUT2D eigenvalue weighted by molar-refractivity contribution is 5.89. The van der Waals surface area contributed by atoms with Crippen LogP contribution in [0.5, 0.6) is 0 Å². The molecule has 0 aliphatic heterocycles. The summed E-state index contributed by atoms with van der Waals surface area (Å²) in [6.45, 7) is 2.17. The Hall–Kier alpha value is -6.64. The fourth-order valence-electron chi connectivity index (χ4n) is 6.68. The van der Waals surface area contributed by atoms with E-state index in [1.54, 1.807) is 0 Å². The number of anilines is 6. The number of hydrogen-bond donors (Lipinski definition) is 0. The molecule has 8 aromatic carbocycles. The van der Waals surface area contributed by atoms with Crippen LogP contribution in [-0.4, -0.2) is 0 Å². The predicted molar refractivity (Wildman–Crippen MR) is 219 cm³/mol. The number of hydrogen-bond acceptors (Lipinski definition) is 2. The first kappa shape index (κ1) is 31.6. The van der Waals surface area contributed by atoms with Crippen LogP contribution in [0, 0.1) is 6.92 Å². The van der Waals surface area contributed by atoms with Crippen LogP contribution in [-0.2, 0) is 0 Å². The van der Waals surface area contributed by atoms with Crippen LogP contribution in [0.4, 0.5) is 34.1 Å². The van der Waals surface area contributed by atoms with Crippen molar-refractivity contribution >= 4 is 57.0 Å². The maximum atomic E-state index is 2.34. The Balaban J connectivity index is 1.04. The predicted octanol–water partition coefficient (Wildman–Crippen LogP) is 13.9. The molecule has 0 N–H and O–H groups in total. The zero-order valence-electron chi connectivity index (χ0n) is 28.6. The lowest BCUT2D eigenvalue weighted by Crippen LogP contribution is -2.11. The quantitative estimate of drug-likeness (QED) is 0.143. The van der Waals surface area contributed by atoms with Crippen molar-refractivity contribution in [2.45, 2.75) is 6.92 Å². The molecule has 8 rings (SSSR count). The maximum Gasteiger partial charge on any atom is 0.0490 e. The molecule has 51 heavy (non-hydrogen) atoms. The van der Waals surface area contributed by atoms with Crippen molar-refractivity contribution in [2.75, 3.05) is 9.80 Å². The Morgan fingerprint density at radius 1 is 0.333 bits per heavy atom. The van der Waals surface area contributed by atoms with Gasteiger partial charge in [-0.15, -0.1) is 0 Å². The summed E-state index contributed by atoms with van der Waals surface area (Å²) in [6.07, 6.45) is 4.37. The monoisotopic (exact) mass is 654 g/mol. The number of nitrogens with zero attached hydrogens (tertiary/aromatic N) is 2. The second-order valence-corrected chi connectivity index (χ2v) is 12.8. The topological polar surface area (TPSA) is 6.48 Å². The van der Waals surface area contributed by atoms with Crippen LogP contribution in [0.2, 0.25) is 0 Å². The lowest BCUT2D eigenvalue weighted by molar-refractivity contribution is 1.25. The molecule has 0 spiro atoms. The van der Waals surface area contributed by atoms with Crippen molar-refractivity contribution in [1.82, 2.24) is 0 Å². The van der Waals surface area contributed by atoms with E-state index < -0.39 is 0 Å². The average molecular weight is 655 g/mol. The van der Waals surface area contributed by atoms with Gasteiger partial charge in [-0.1, -0.05) is 146 Å². The third-order valence-corrected chi connectivity index (χ3v) is 9.37. The summed E-state index contributed by atoms with van der Waals surface area (Å²) in [7, 11) is 0. The summed E-state index contributed by atoms with van der Waals surface area (Å²) in [5, 5.41) is 2.47. The van der Waals surface area contributed by atoms with Gasteiger partial charge in [-0.05, 0) is 112 Å². The van der Waals surface area contributed by atoms with Crippen LogP contribution in [0.1, 0.15) is 16.7 Å². The Kier molecular flexibility index (Phi) is 8.96. The van der Waals surface area contributed by atoms with E-state index in [9.17, 15) is 0 Å². The van der Waals surface area contributed by atoms with E-state index >= 15 is 0 Å². The van der Waals surface area contributed by atoms with Gasteiger partial charge in [-0.25, -0.2) is 0 Å². The molecule has 0 atom stereocenters. The van der Waals surface area contributed by atoms with Gasteiger partial charge in [0.15, 0.2) is 0 Å². The lowest BCUT2D eigenvalue weighted by atomic mass is 10.0. The summed E-state index contributed by atoms with van der Waals surface area (Å²) in [5.41, 5.74) is 12.7. The molecule has 0 aliphatic rings. The molecule has 0 aliphatic carbocycles. The third kappa shape index (κ3) is 6.94. The van der Waals surface area contributed by atoms with Gasteiger partial charge < -0.3 is 9.80 Å². The minimum absolute atomic E-state index is 1.12. The summed E-state index contributed by atoms with van der Waals surface area (Å²) >= 11 is 0. The van der Waals surface area contributed by atoms with Crippen molar-refractivity contribution in [1.29, 1.82) is 0 Å². The van der Waals surface area contributed by atoms with Gasteiger partial charge in [0.05, 0.1) is 0 Å². The van der Waals surface area contributed by atoms with E-state index in [1.807, 2.05) is 0 Å². The molecule has 244 valence electrons. The number of aryl methyl sites for hydroxylation is 1. The van der Waals surface area contributed by atoms with Crippen molar-refractivity contribution in [2.24, 2.45) is 0 Å². The van der Waals surface area contributed by atoms with Crippen molar-refractivity contribution < 1.29 is 0 Å². The fourth-order valence-corrected chi connectivity index (χ4v) is 6.68. The standard InChI is InChI=1S/C49H38N2/c1-37-12-8-11-19-49(37)51(47-33-26-42(27-34-47)40-13-4-2-5-14-40)46-31-24-39(25-32-46)21-20-38-22-29-45(30-23-38)50(44-17-6-3-7-18-44)48-35-28-41-15-9-10-16-43(41)36-48/h2-36H,1H3/b21-20+. The van der Waals surface area contributed by atoms with Gasteiger partial charge in [0.25, 0.3) is 0 Å². The first-order valence-corrected chi connectivity index (χ1v) is 17.4. The third-order valence-electron chi connectivity index (χ3n) is 9.37. The zero-order chi connectivity index (χ0) is 34.4. The molecule has 0 heterocycles. The largest absolute Gasteiger partial charge is 0.310 e. The fraction of sp³-hybridized carbons (Fsp3) is 0.0204. The summed E-state index contributed by atoms with van der Waals surface area (Å²) in [4.78, 5) is 4.65. The number of benzene rings is 8. The first-order valence-electron chi connectivity index (χ1n) is 17.4. The molecule has 0 unspecified atom stereocenters. The van der Waals surface area contributed by atoms with Crippen LogP contribution in [0.15, 0.2) is 200 Å². The van der Waals surface area contributed by atoms with E-state index in [4.69, 9.17) is 0 Å². The second kappa shape index (κ2) is 14.5. The lowest BCUT2D eigenvalue weighted by Gasteiger charge is -2.27. The highest BCUT2D eigenvalue weighted by atomic mass is 15.1. The van der Waals surface area contributed by atoms with Gasteiger partial charge in [0.1, 0.15) is 0 Å². The summed E-state index contributed by atoms with van der Waals surface area (Å²) in [6, 6.07) is 71.3. The maximum absolute atomic E-state index is 2.34. The molecule has 0 saturated carbocycles. The highest BCUT2D eigenvalue weighted by Gasteiger charge is 2.15. The molecule has 2 heteroatoms. The minimum Gasteiger partial charge on any atom is -0.310 e. The van der Waals surface area contributed by atoms with Crippen molar-refractivity contribution in [3.63, 3.8) is 0 Å². The first-order chi connectivity index (χ1) is 25.2. The van der Waals surface area contributed by atoms with Gasteiger partial charge in [-0.2, -0.15) is 0 Å². The second-order valence-electron chi connectivity index (χ2n) is 12.8. The Labute approximate surface area is 300 Å². The minimum atomic E-state index is 1.12. The van der Waals surface area contributed by atoms with Crippen LogP contribution < -0.4 is 9.80 Å². The zero-order valence-corrected chi connectivity index (χ0v) is 28.6. The highest BCUT2D eigenvalue weighted by Crippen LogP contribution is 2.38. The number of para-hydroxylation sites is 2. The molecular formula is C49H38N2. The molecule has 0 aromatic heterocycles. The SMILES string of the molecule is Cc1ccccc1N(c1ccc(/C=C/c2ccc(N(c3ccccc3)c3ccc4ccccc4c3)cc2)cc1)c1ccc(-c2ccccc2)cc1. The van der Waals surface area contributed by atoms with E-state index in [0.717, 1.165) is 39.6 Å². The Morgan fingerprint density at radius 2 is 0.784 bits per heavy atom. The summed E-state index contributed by atoms with van der Waals surface area (Å²) < 4.78 is 0. The normalized spacial score (nSPS) is 11.2. The molecule has 0 radical (unpaired) electrons. The molecule has 2 nitrogen and oxygen atoms in total. The van der Waals surface area contributed by atoms with Gasteiger partial charge >= 0.3 is 0 Å². The van der Waals surface area contributed by atoms with Crippen molar-refractivity contribution in [3.05, 3.63) is 217 Å². The van der Waals surface area contributed by atoms with Crippen LogP contribution in [0.25, 0.3) is 34.1 Å². The summed E-state index contributed by atoms with van der Waals surface area (Å²) in [5.74, 6) is 0. The van der Waals surface area contributed by atoms with Gasteiger partial charge in [0.2, 0.25) is 0 Å². The smallest absolute Gasteiger partial charge is 0.0490 e. The van der Waals surface area contributed by atoms with E-state index in [1.165, 1.54) is 33.2 Å². The Bertz CT molecular complexity index is 2390. The average Bonchev–Trinajstić information content (AvgIpc) is 3.20.